The van der Waals surface area contributed by atoms with E-state index in [0.29, 0.717) is 0 Å². The molecule has 0 aliphatic carbocycles. The number of rotatable bonds is 2. The fraction of sp³-hybridized carbons (Fsp3) is 0.429. The Kier molecular flexibility index (Phi) is 3.60. The summed E-state index contributed by atoms with van der Waals surface area (Å²) in [5, 5.41) is 0. The maximum Gasteiger partial charge on any atom is 0.0553 e. The minimum Gasteiger partial charge on any atom is -0.295 e. The molecule has 0 unspecified atom stereocenters. The number of hydrogen-bond acceptors (Lipinski definition) is 2. The molecule has 0 heterocycles. The minimum atomic E-state index is 0.812. The van der Waals surface area contributed by atoms with Crippen LogP contribution in [0.25, 0.3) is 0 Å². The fourth-order valence-corrected chi connectivity index (χ4v) is 0.517. The molecule has 9 heavy (non-hydrogen) atoms. The van der Waals surface area contributed by atoms with E-state index in [9.17, 15) is 0 Å². The van der Waals surface area contributed by atoms with Crippen molar-refractivity contribution in [1.29, 1.82) is 0 Å². The average molecular weight is 124 g/mol. The van der Waals surface area contributed by atoms with Crippen LogP contribution in [0, 0.1) is 0 Å². The number of hydrogen-bond donors (Lipinski definition) is 0. The van der Waals surface area contributed by atoms with E-state index in [4.69, 9.17) is 0 Å². The molecule has 0 aliphatic heterocycles. The molecule has 0 aliphatic rings. The molecule has 0 radical (unpaired) electrons. The van der Waals surface area contributed by atoms with Gasteiger partial charge in [0.05, 0.1) is 5.71 Å². The van der Waals surface area contributed by atoms with Crippen molar-refractivity contribution in [3.63, 3.8) is 0 Å². The summed E-state index contributed by atoms with van der Waals surface area (Å²) >= 11 is 0. The van der Waals surface area contributed by atoms with Gasteiger partial charge in [-0.2, -0.15) is 0 Å². The Bertz CT molecular complexity index is 154. The van der Waals surface area contributed by atoms with Gasteiger partial charge < -0.3 is 0 Å². The highest BCUT2D eigenvalue weighted by atomic mass is 14.8. The monoisotopic (exact) mass is 124 g/mol. The highest BCUT2D eigenvalue weighted by Crippen LogP contribution is 1.87. The van der Waals surface area contributed by atoms with E-state index in [0.717, 1.165) is 11.4 Å². The van der Waals surface area contributed by atoms with E-state index in [2.05, 4.69) is 16.6 Å². The van der Waals surface area contributed by atoms with Gasteiger partial charge >= 0.3 is 0 Å². The van der Waals surface area contributed by atoms with Crippen LogP contribution in [0.3, 0.4) is 0 Å². The molecule has 0 aromatic carbocycles. The van der Waals surface area contributed by atoms with Crippen molar-refractivity contribution in [1.82, 2.24) is 0 Å². The summed E-state index contributed by atoms with van der Waals surface area (Å²) in [6.45, 7) is 7.37. The maximum atomic E-state index is 4.04. The molecule has 0 N–H and O–H groups in total. The Balaban J connectivity index is 4.00. The van der Waals surface area contributed by atoms with Gasteiger partial charge in [-0.05, 0) is 13.8 Å². The summed E-state index contributed by atoms with van der Waals surface area (Å²) in [5.74, 6) is 0. The first kappa shape index (κ1) is 8.08. The molecule has 2 nitrogen and oxygen atoms in total. The first-order chi connectivity index (χ1) is 4.16. The van der Waals surface area contributed by atoms with Crippen LogP contribution in [-0.2, 0) is 0 Å². The minimum absolute atomic E-state index is 0.812. The second kappa shape index (κ2) is 4.01. The second-order valence-electron chi connectivity index (χ2n) is 1.88. The lowest BCUT2D eigenvalue weighted by atomic mass is 10.4. The van der Waals surface area contributed by atoms with Crippen LogP contribution < -0.4 is 0 Å². The molecule has 50 valence electrons. The van der Waals surface area contributed by atoms with Crippen LogP contribution in [0.2, 0.25) is 0 Å². The third-order valence-electron chi connectivity index (χ3n) is 0.683. The molecule has 0 aromatic heterocycles. The number of aliphatic imine (C=N–C) groups is 2. The van der Waals surface area contributed by atoms with Crippen LogP contribution in [0.1, 0.15) is 13.8 Å². The van der Waals surface area contributed by atoms with Crippen molar-refractivity contribution in [2.45, 2.75) is 13.8 Å². The van der Waals surface area contributed by atoms with Gasteiger partial charge in [-0.3, -0.25) is 9.98 Å². The molecule has 0 amide bonds. The molecule has 2 heteroatoms. The van der Waals surface area contributed by atoms with Gasteiger partial charge in [-0.25, -0.2) is 0 Å². The van der Waals surface area contributed by atoms with E-state index in [1.165, 1.54) is 0 Å². The Morgan fingerprint density at radius 3 is 2.33 bits per heavy atom. The Labute approximate surface area is 56.0 Å². The molecular weight excluding hydrogens is 112 g/mol. The maximum absolute atomic E-state index is 4.04. The zero-order valence-corrected chi connectivity index (χ0v) is 6.18. The van der Waals surface area contributed by atoms with E-state index < -0.39 is 0 Å². The molecule has 0 rings (SSSR count). The molecule has 0 aromatic rings. The third-order valence-corrected chi connectivity index (χ3v) is 0.683. The van der Waals surface area contributed by atoms with Crippen LogP contribution in [0.15, 0.2) is 22.3 Å². The van der Waals surface area contributed by atoms with Gasteiger partial charge in [0, 0.05) is 19.0 Å². The van der Waals surface area contributed by atoms with Gasteiger partial charge in [-0.15, -0.1) is 0 Å². The van der Waals surface area contributed by atoms with E-state index >= 15 is 0 Å². The van der Waals surface area contributed by atoms with Crippen molar-refractivity contribution in [3.05, 3.63) is 12.3 Å². The molecule has 0 bridgehead atoms. The highest BCUT2D eigenvalue weighted by molar-refractivity contribution is 6.29. The molecule has 0 atom stereocenters. The van der Waals surface area contributed by atoms with Gasteiger partial charge in [0.25, 0.3) is 0 Å². The summed E-state index contributed by atoms with van der Waals surface area (Å²) in [7, 11) is 1.72. The highest BCUT2D eigenvalue weighted by Gasteiger charge is 1.80. The topological polar surface area (TPSA) is 24.7 Å². The molecule has 0 saturated heterocycles. The zero-order valence-electron chi connectivity index (χ0n) is 6.18. The summed E-state index contributed by atoms with van der Waals surface area (Å²) < 4.78 is 0. The van der Waals surface area contributed by atoms with E-state index in [-0.39, 0.29) is 0 Å². The quantitative estimate of drug-likeness (QED) is 0.500. The third kappa shape index (κ3) is 4.94. The standard InChI is InChI=1S/C7H12N2/c1-6(2)9-7(3)5-8-4/h5H,1H2,2-4H3/b8-5-,9-7-. The second-order valence-corrected chi connectivity index (χ2v) is 1.88. The van der Waals surface area contributed by atoms with Gasteiger partial charge in [-0.1, -0.05) is 6.58 Å². The van der Waals surface area contributed by atoms with Gasteiger partial charge in [0.2, 0.25) is 0 Å². The Morgan fingerprint density at radius 2 is 2.00 bits per heavy atom. The SMILES string of the molecule is C=C(C)/N=C(C)\C=N/C. The smallest absolute Gasteiger partial charge is 0.0553 e. The lowest BCUT2D eigenvalue weighted by Gasteiger charge is -1.88. The molecule has 0 spiro atoms. The van der Waals surface area contributed by atoms with Crippen molar-refractivity contribution in [2.24, 2.45) is 9.98 Å². The van der Waals surface area contributed by atoms with Gasteiger partial charge in [0.15, 0.2) is 0 Å². The lowest BCUT2D eigenvalue weighted by Crippen LogP contribution is -1.91. The van der Waals surface area contributed by atoms with Gasteiger partial charge in [0.1, 0.15) is 0 Å². The largest absolute Gasteiger partial charge is 0.295 e. The summed E-state index contributed by atoms with van der Waals surface area (Å²) in [4.78, 5) is 7.83. The average Bonchev–Trinajstić information content (AvgIpc) is 1.63. The first-order valence-electron chi connectivity index (χ1n) is 2.79. The summed E-state index contributed by atoms with van der Waals surface area (Å²) in [6.07, 6.45) is 1.70. The lowest BCUT2D eigenvalue weighted by molar-refractivity contribution is 1.32. The summed E-state index contributed by atoms with van der Waals surface area (Å²) in [6, 6.07) is 0. The van der Waals surface area contributed by atoms with E-state index in [1.807, 2.05) is 13.8 Å². The first-order valence-corrected chi connectivity index (χ1v) is 2.79. The van der Waals surface area contributed by atoms with Crippen molar-refractivity contribution in [3.8, 4) is 0 Å². The van der Waals surface area contributed by atoms with Crippen LogP contribution in [0.4, 0.5) is 0 Å². The van der Waals surface area contributed by atoms with Crippen molar-refractivity contribution < 1.29 is 0 Å². The molecule has 0 saturated carbocycles. The van der Waals surface area contributed by atoms with Crippen LogP contribution in [0.5, 0.6) is 0 Å². The number of nitrogens with zero attached hydrogens (tertiary/aromatic N) is 2. The van der Waals surface area contributed by atoms with Crippen molar-refractivity contribution in [2.75, 3.05) is 7.05 Å². The summed E-state index contributed by atoms with van der Waals surface area (Å²) in [5.41, 5.74) is 1.71. The molecule has 0 fully saturated rings. The number of allylic oxidation sites excluding steroid dienone is 1. The van der Waals surface area contributed by atoms with Crippen molar-refractivity contribution >= 4 is 11.9 Å². The molecular formula is C7H12N2. The predicted octanol–water partition coefficient (Wildman–Crippen LogP) is 1.68. The predicted molar refractivity (Wildman–Crippen MR) is 42.3 cm³/mol. The van der Waals surface area contributed by atoms with Crippen LogP contribution >= 0.6 is 0 Å². The normalized spacial score (nSPS) is 12.6. The Hall–Kier alpha value is -0.920. The van der Waals surface area contributed by atoms with Crippen LogP contribution in [-0.4, -0.2) is 19.0 Å². The van der Waals surface area contributed by atoms with E-state index in [1.54, 1.807) is 13.3 Å². The zero-order chi connectivity index (χ0) is 7.28. The fourth-order valence-electron chi connectivity index (χ4n) is 0.517. The Morgan fingerprint density at radius 1 is 1.44 bits per heavy atom.